The van der Waals surface area contributed by atoms with Gasteiger partial charge in [0.15, 0.2) is 0 Å². The van der Waals surface area contributed by atoms with Crippen LogP contribution in [0.5, 0.6) is 0 Å². The summed E-state index contributed by atoms with van der Waals surface area (Å²) >= 11 is 0. The van der Waals surface area contributed by atoms with Crippen molar-refractivity contribution >= 4 is 0 Å². The zero-order chi connectivity index (χ0) is 14.9. The van der Waals surface area contributed by atoms with Crippen LogP contribution in [0.3, 0.4) is 0 Å². The average Bonchev–Trinajstić information content (AvgIpc) is 2.55. The van der Waals surface area contributed by atoms with Crippen molar-refractivity contribution < 1.29 is 4.39 Å². The van der Waals surface area contributed by atoms with Crippen LogP contribution in [-0.4, -0.2) is 6.67 Å². The van der Waals surface area contributed by atoms with Crippen LogP contribution >= 0.6 is 0 Å². The molecule has 0 N–H and O–H groups in total. The van der Waals surface area contributed by atoms with Gasteiger partial charge in [-0.15, -0.1) is 0 Å². The van der Waals surface area contributed by atoms with Crippen LogP contribution in [0, 0.1) is 35.0 Å². The van der Waals surface area contributed by atoms with Gasteiger partial charge in [0.1, 0.15) is 6.67 Å². The molecule has 0 aromatic rings. The molecule has 2 aliphatic carbocycles. The van der Waals surface area contributed by atoms with E-state index in [9.17, 15) is 4.39 Å². The topological polar surface area (TPSA) is 23.8 Å². The van der Waals surface area contributed by atoms with Crippen molar-refractivity contribution in [3.63, 3.8) is 0 Å². The number of alkyl halides is 1. The number of hydrogen-bond acceptors (Lipinski definition) is 1. The molecule has 21 heavy (non-hydrogen) atoms. The van der Waals surface area contributed by atoms with Crippen LogP contribution in [0.4, 0.5) is 4.39 Å². The van der Waals surface area contributed by atoms with Gasteiger partial charge in [-0.05, 0) is 62.7 Å². The summed E-state index contributed by atoms with van der Waals surface area (Å²) in [6, 6.07) is 2.43. The summed E-state index contributed by atoms with van der Waals surface area (Å²) in [6.07, 6.45) is 17.8. The van der Waals surface area contributed by atoms with Gasteiger partial charge >= 0.3 is 0 Å². The molecule has 0 aromatic carbocycles. The summed E-state index contributed by atoms with van der Waals surface area (Å²) in [5.41, 5.74) is 0. The lowest BCUT2D eigenvalue weighted by atomic mass is 9.75. The Kier molecular flexibility index (Phi) is 7.27. The van der Waals surface area contributed by atoms with Crippen LogP contribution < -0.4 is 0 Å². The van der Waals surface area contributed by atoms with Gasteiger partial charge in [-0.2, -0.15) is 5.26 Å². The molecule has 0 heterocycles. The molecule has 2 fully saturated rings. The van der Waals surface area contributed by atoms with Crippen LogP contribution in [-0.2, 0) is 0 Å². The molecule has 0 spiro atoms. The van der Waals surface area contributed by atoms with Crippen molar-refractivity contribution in [3.8, 4) is 6.07 Å². The summed E-state index contributed by atoms with van der Waals surface area (Å²) in [7, 11) is 0. The predicted molar refractivity (Wildman–Crippen MR) is 85.5 cm³/mol. The summed E-state index contributed by atoms with van der Waals surface area (Å²) < 4.78 is 12.0. The minimum absolute atomic E-state index is 0.316. The minimum atomic E-state index is -0.316. The first-order valence-electron chi connectivity index (χ1n) is 8.92. The Morgan fingerprint density at radius 1 is 0.810 bits per heavy atom. The highest BCUT2D eigenvalue weighted by atomic mass is 19.1. The van der Waals surface area contributed by atoms with E-state index >= 15 is 0 Å². The first-order valence-corrected chi connectivity index (χ1v) is 8.92. The molecule has 2 saturated carbocycles. The molecule has 118 valence electrons. The van der Waals surface area contributed by atoms with E-state index in [1.807, 2.05) is 6.08 Å². The second-order valence-corrected chi connectivity index (χ2v) is 7.17. The third kappa shape index (κ3) is 5.81. The number of rotatable bonds is 6. The largest absolute Gasteiger partial charge is 0.247 e. The van der Waals surface area contributed by atoms with Crippen molar-refractivity contribution in [2.24, 2.45) is 23.7 Å². The van der Waals surface area contributed by atoms with Gasteiger partial charge in [0.25, 0.3) is 0 Å². The highest BCUT2D eigenvalue weighted by Crippen LogP contribution is 2.37. The third-order valence-corrected chi connectivity index (χ3v) is 5.70. The molecule has 0 aliphatic heterocycles. The fourth-order valence-corrected chi connectivity index (χ4v) is 4.16. The maximum absolute atomic E-state index is 12.0. The van der Waals surface area contributed by atoms with Gasteiger partial charge in [-0.3, -0.25) is 0 Å². The van der Waals surface area contributed by atoms with E-state index in [1.165, 1.54) is 51.4 Å². The number of halogens is 1. The van der Waals surface area contributed by atoms with Crippen molar-refractivity contribution in [3.05, 3.63) is 12.2 Å². The molecule has 0 saturated heterocycles. The standard InChI is InChI=1S/C19H30FN/c20-14-2-1-3-16-4-6-17(7-5-16)8-9-18-10-12-19(15-21)13-11-18/h1-2,16-19H,3-14H2/b2-1+. The van der Waals surface area contributed by atoms with E-state index in [4.69, 9.17) is 5.26 Å². The predicted octanol–water partition coefficient (Wildman–Crippen LogP) is 5.82. The molecule has 0 atom stereocenters. The van der Waals surface area contributed by atoms with E-state index < -0.39 is 0 Å². The van der Waals surface area contributed by atoms with Gasteiger partial charge in [-0.1, -0.05) is 37.8 Å². The lowest BCUT2D eigenvalue weighted by Crippen LogP contribution is -2.17. The van der Waals surface area contributed by atoms with E-state index in [2.05, 4.69) is 6.07 Å². The SMILES string of the molecule is N#CC1CCC(CCC2CCC(C/C=C/CF)CC2)CC1. The lowest BCUT2D eigenvalue weighted by molar-refractivity contribution is 0.228. The van der Waals surface area contributed by atoms with E-state index in [0.29, 0.717) is 5.92 Å². The third-order valence-electron chi connectivity index (χ3n) is 5.70. The molecule has 2 heteroatoms. The van der Waals surface area contributed by atoms with E-state index in [1.54, 1.807) is 6.08 Å². The molecular weight excluding hydrogens is 261 g/mol. The van der Waals surface area contributed by atoms with Crippen LogP contribution in [0.15, 0.2) is 12.2 Å². The molecule has 2 aliphatic rings. The highest BCUT2D eigenvalue weighted by Gasteiger charge is 2.24. The molecule has 0 aromatic heterocycles. The zero-order valence-corrected chi connectivity index (χ0v) is 13.3. The Balaban J connectivity index is 1.57. The molecule has 2 rings (SSSR count). The average molecular weight is 291 g/mol. The van der Waals surface area contributed by atoms with Crippen molar-refractivity contribution in [1.29, 1.82) is 5.26 Å². The fourth-order valence-electron chi connectivity index (χ4n) is 4.16. The lowest BCUT2D eigenvalue weighted by Gasteiger charge is -2.30. The second kappa shape index (κ2) is 9.23. The van der Waals surface area contributed by atoms with Crippen LogP contribution in [0.25, 0.3) is 0 Å². The fraction of sp³-hybridized carbons (Fsp3) is 0.842. The Labute approximate surface area is 129 Å². The Hall–Kier alpha value is -0.840. The van der Waals surface area contributed by atoms with Crippen LogP contribution in [0.2, 0.25) is 0 Å². The van der Waals surface area contributed by atoms with E-state index in [-0.39, 0.29) is 6.67 Å². The smallest absolute Gasteiger partial charge is 0.108 e. The summed E-state index contributed by atoms with van der Waals surface area (Å²) in [5.74, 6) is 2.96. The zero-order valence-electron chi connectivity index (χ0n) is 13.3. The minimum Gasteiger partial charge on any atom is -0.247 e. The first-order chi connectivity index (χ1) is 10.3. The maximum Gasteiger partial charge on any atom is 0.108 e. The summed E-state index contributed by atoms with van der Waals surface area (Å²) in [5, 5.41) is 8.94. The number of nitrogens with zero attached hydrogens (tertiary/aromatic N) is 1. The Bertz CT molecular complexity index is 341. The Morgan fingerprint density at radius 3 is 1.86 bits per heavy atom. The summed E-state index contributed by atoms with van der Waals surface area (Å²) in [6.45, 7) is -0.316. The number of nitriles is 1. The van der Waals surface area contributed by atoms with Crippen LogP contribution in [0.1, 0.15) is 70.6 Å². The van der Waals surface area contributed by atoms with Crippen molar-refractivity contribution in [1.82, 2.24) is 0 Å². The number of hydrogen-bond donors (Lipinski definition) is 0. The molecule has 1 nitrogen and oxygen atoms in total. The maximum atomic E-state index is 12.0. The monoisotopic (exact) mass is 291 g/mol. The van der Waals surface area contributed by atoms with Gasteiger partial charge < -0.3 is 0 Å². The van der Waals surface area contributed by atoms with Gasteiger partial charge in [0, 0.05) is 5.92 Å². The van der Waals surface area contributed by atoms with Crippen molar-refractivity contribution in [2.45, 2.75) is 70.6 Å². The molecule has 0 bridgehead atoms. The molecular formula is C19H30FN. The molecule has 0 unspecified atom stereocenters. The number of allylic oxidation sites excluding steroid dienone is 2. The first kappa shape index (κ1) is 16.5. The van der Waals surface area contributed by atoms with E-state index in [0.717, 1.165) is 37.0 Å². The highest BCUT2D eigenvalue weighted by molar-refractivity contribution is 4.88. The normalized spacial score (nSPS) is 33.9. The van der Waals surface area contributed by atoms with Gasteiger partial charge in [0.2, 0.25) is 0 Å². The second-order valence-electron chi connectivity index (χ2n) is 7.17. The molecule has 0 amide bonds. The Morgan fingerprint density at radius 2 is 1.33 bits per heavy atom. The van der Waals surface area contributed by atoms with Gasteiger partial charge in [-0.25, -0.2) is 4.39 Å². The summed E-state index contributed by atoms with van der Waals surface area (Å²) in [4.78, 5) is 0. The van der Waals surface area contributed by atoms with Gasteiger partial charge in [0.05, 0.1) is 6.07 Å². The molecule has 0 radical (unpaired) electrons. The van der Waals surface area contributed by atoms with Crippen molar-refractivity contribution in [2.75, 3.05) is 6.67 Å². The quantitative estimate of drug-likeness (QED) is 0.566.